The van der Waals surface area contributed by atoms with Gasteiger partial charge in [0.05, 0.1) is 5.01 Å². The zero-order chi connectivity index (χ0) is 13.8. The Kier molecular flexibility index (Phi) is 5.39. The number of benzene rings is 1. The van der Waals surface area contributed by atoms with Gasteiger partial charge in [-0.1, -0.05) is 33.6 Å². The smallest absolute Gasteiger partial charge is 0.0940 e. The summed E-state index contributed by atoms with van der Waals surface area (Å²) in [6.45, 7) is 5.06. The Balaban J connectivity index is 1.88. The van der Waals surface area contributed by atoms with Gasteiger partial charge >= 0.3 is 0 Å². The van der Waals surface area contributed by atoms with Crippen LogP contribution in [-0.4, -0.2) is 11.5 Å². The molecule has 0 fully saturated rings. The SMILES string of the molecule is Cc1csc(CCNC(C)c2ccc(Br)cc2Cl)n1. The molecular formula is C14H16BrClN2S. The summed E-state index contributed by atoms with van der Waals surface area (Å²) >= 11 is 11.4. The van der Waals surface area contributed by atoms with Crippen LogP contribution in [0.25, 0.3) is 0 Å². The summed E-state index contributed by atoms with van der Waals surface area (Å²) in [6.07, 6.45) is 0.955. The van der Waals surface area contributed by atoms with Gasteiger partial charge in [-0.05, 0) is 31.5 Å². The molecule has 0 saturated carbocycles. The van der Waals surface area contributed by atoms with Crippen LogP contribution in [0.5, 0.6) is 0 Å². The molecule has 19 heavy (non-hydrogen) atoms. The van der Waals surface area contributed by atoms with E-state index in [1.54, 1.807) is 11.3 Å². The maximum Gasteiger partial charge on any atom is 0.0940 e. The topological polar surface area (TPSA) is 24.9 Å². The third-order valence-electron chi connectivity index (χ3n) is 2.88. The van der Waals surface area contributed by atoms with Crippen molar-refractivity contribution >= 4 is 38.9 Å². The molecule has 0 spiro atoms. The molecule has 1 atom stereocenters. The monoisotopic (exact) mass is 358 g/mol. The van der Waals surface area contributed by atoms with Crippen molar-refractivity contribution in [2.45, 2.75) is 26.3 Å². The fraction of sp³-hybridized carbons (Fsp3) is 0.357. The molecule has 1 heterocycles. The van der Waals surface area contributed by atoms with Gasteiger partial charge in [0.25, 0.3) is 0 Å². The molecule has 0 saturated heterocycles. The summed E-state index contributed by atoms with van der Waals surface area (Å²) in [6, 6.07) is 6.24. The minimum absolute atomic E-state index is 0.238. The largest absolute Gasteiger partial charge is 0.310 e. The summed E-state index contributed by atoms with van der Waals surface area (Å²) in [5.41, 5.74) is 2.23. The molecule has 0 amide bonds. The van der Waals surface area contributed by atoms with Gasteiger partial charge in [-0.2, -0.15) is 0 Å². The lowest BCUT2D eigenvalue weighted by Crippen LogP contribution is -2.21. The maximum atomic E-state index is 6.24. The standard InChI is InChI=1S/C14H16BrClN2S/c1-9-8-19-14(18-9)5-6-17-10(2)12-4-3-11(15)7-13(12)16/h3-4,7-8,10,17H,5-6H2,1-2H3. The van der Waals surface area contributed by atoms with Crippen molar-refractivity contribution in [3.8, 4) is 0 Å². The highest BCUT2D eigenvalue weighted by molar-refractivity contribution is 9.10. The molecule has 0 aliphatic carbocycles. The lowest BCUT2D eigenvalue weighted by atomic mass is 10.1. The number of thiazole rings is 1. The summed E-state index contributed by atoms with van der Waals surface area (Å²) in [7, 11) is 0. The third-order valence-corrected chi connectivity index (χ3v) is 4.73. The van der Waals surface area contributed by atoms with Crippen molar-refractivity contribution in [1.82, 2.24) is 10.3 Å². The molecule has 102 valence electrons. The van der Waals surface area contributed by atoms with E-state index in [0.29, 0.717) is 0 Å². The van der Waals surface area contributed by atoms with Crippen LogP contribution in [-0.2, 0) is 6.42 Å². The van der Waals surface area contributed by atoms with Gasteiger partial charge in [0.15, 0.2) is 0 Å². The minimum atomic E-state index is 0.238. The lowest BCUT2D eigenvalue weighted by molar-refractivity contribution is 0.576. The number of halogens is 2. The number of hydrogen-bond acceptors (Lipinski definition) is 3. The molecule has 0 radical (unpaired) electrons. The minimum Gasteiger partial charge on any atom is -0.310 e. The van der Waals surface area contributed by atoms with Gasteiger partial charge in [-0.15, -0.1) is 11.3 Å². The Morgan fingerprint density at radius 2 is 2.26 bits per heavy atom. The van der Waals surface area contributed by atoms with E-state index in [2.05, 4.69) is 44.6 Å². The van der Waals surface area contributed by atoms with E-state index in [1.807, 2.05) is 19.1 Å². The molecule has 1 aromatic carbocycles. The number of aromatic nitrogens is 1. The predicted octanol–water partition coefficient (Wildman–Crippen LogP) is 4.76. The number of nitrogens with zero attached hydrogens (tertiary/aromatic N) is 1. The summed E-state index contributed by atoms with van der Waals surface area (Å²) in [5.74, 6) is 0. The molecule has 2 aromatic rings. The highest BCUT2D eigenvalue weighted by Crippen LogP contribution is 2.26. The average molecular weight is 360 g/mol. The van der Waals surface area contributed by atoms with Crippen molar-refractivity contribution in [2.24, 2.45) is 0 Å². The first kappa shape index (κ1) is 15.0. The highest BCUT2D eigenvalue weighted by atomic mass is 79.9. The molecule has 0 aliphatic rings. The molecule has 1 N–H and O–H groups in total. The van der Waals surface area contributed by atoms with Crippen LogP contribution in [0.15, 0.2) is 28.1 Å². The van der Waals surface area contributed by atoms with Crippen molar-refractivity contribution in [3.63, 3.8) is 0 Å². The van der Waals surface area contributed by atoms with Crippen LogP contribution >= 0.6 is 38.9 Å². The molecule has 2 rings (SSSR count). The second-order valence-electron chi connectivity index (χ2n) is 4.47. The number of hydrogen-bond donors (Lipinski definition) is 1. The molecular weight excluding hydrogens is 344 g/mol. The van der Waals surface area contributed by atoms with Gasteiger partial charge in [0.2, 0.25) is 0 Å². The molecule has 2 nitrogen and oxygen atoms in total. The Labute approximate surface area is 131 Å². The van der Waals surface area contributed by atoms with Gasteiger partial charge in [-0.3, -0.25) is 0 Å². The zero-order valence-corrected chi connectivity index (χ0v) is 14.1. The fourth-order valence-corrected chi connectivity index (χ4v) is 3.49. The first-order chi connectivity index (χ1) is 9.06. The van der Waals surface area contributed by atoms with Crippen molar-refractivity contribution in [3.05, 3.63) is 49.3 Å². The van der Waals surface area contributed by atoms with Gasteiger partial charge < -0.3 is 5.32 Å². The Hall–Kier alpha value is -0.420. The van der Waals surface area contributed by atoms with Crippen LogP contribution in [0.4, 0.5) is 0 Å². The summed E-state index contributed by atoms with van der Waals surface area (Å²) in [5, 5.41) is 7.54. The Morgan fingerprint density at radius 1 is 1.47 bits per heavy atom. The van der Waals surface area contributed by atoms with Crippen LogP contribution in [0.1, 0.15) is 29.2 Å². The second-order valence-corrected chi connectivity index (χ2v) is 6.74. The first-order valence-electron chi connectivity index (χ1n) is 6.15. The highest BCUT2D eigenvalue weighted by Gasteiger charge is 2.09. The van der Waals surface area contributed by atoms with E-state index in [-0.39, 0.29) is 6.04 Å². The fourth-order valence-electron chi connectivity index (χ4n) is 1.88. The van der Waals surface area contributed by atoms with Gasteiger partial charge in [0, 0.05) is 39.6 Å². The molecule has 5 heteroatoms. The molecule has 1 unspecified atom stereocenters. The Bertz CT molecular complexity index is 556. The van der Waals surface area contributed by atoms with Crippen molar-refractivity contribution < 1.29 is 0 Å². The summed E-state index contributed by atoms with van der Waals surface area (Å²) in [4.78, 5) is 4.46. The molecule has 1 aromatic heterocycles. The van der Waals surface area contributed by atoms with E-state index in [9.17, 15) is 0 Å². The van der Waals surface area contributed by atoms with Crippen LogP contribution in [0.2, 0.25) is 5.02 Å². The third kappa shape index (κ3) is 4.28. The first-order valence-corrected chi connectivity index (χ1v) is 8.20. The lowest BCUT2D eigenvalue weighted by Gasteiger charge is -2.15. The van der Waals surface area contributed by atoms with E-state index in [0.717, 1.165) is 33.7 Å². The van der Waals surface area contributed by atoms with Crippen LogP contribution in [0, 0.1) is 6.92 Å². The molecule has 0 aliphatic heterocycles. The summed E-state index contributed by atoms with van der Waals surface area (Å²) < 4.78 is 1.01. The normalized spacial score (nSPS) is 12.6. The molecule has 0 bridgehead atoms. The number of aryl methyl sites for hydroxylation is 1. The van der Waals surface area contributed by atoms with Crippen LogP contribution in [0.3, 0.4) is 0 Å². The zero-order valence-electron chi connectivity index (χ0n) is 10.9. The van der Waals surface area contributed by atoms with E-state index < -0.39 is 0 Å². The van der Waals surface area contributed by atoms with Gasteiger partial charge in [0.1, 0.15) is 0 Å². The Morgan fingerprint density at radius 3 is 2.89 bits per heavy atom. The van der Waals surface area contributed by atoms with E-state index in [4.69, 9.17) is 11.6 Å². The van der Waals surface area contributed by atoms with E-state index >= 15 is 0 Å². The maximum absolute atomic E-state index is 6.24. The second kappa shape index (κ2) is 6.84. The number of nitrogens with one attached hydrogen (secondary N) is 1. The number of rotatable bonds is 5. The van der Waals surface area contributed by atoms with Crippen molar-refractivity contribution in [1.29, 1.82) is 0 Å². The average Bonchev–Trinajstić information content (AvgIpc) is 2.75. The van der Waals surface area contributed by atoms with Crippen molar-refractivity contribution in [2.75, 3.05) is 6.54 Å². The van der Waals surface area contributed by atoms with Gasteiger partial charge in [-0.25, -0.2) is 4.98 Å². The quantitative estimate of drug-likeness (QED) is 0.832. The van der Waals surface area contributed by atoms with Crippen LogP contribution < -0.4 is 5.32 Å². The van der Waals surface area contributed by atoms with E-state index in [1.165, 1.54) is 5.01 Å². The predicted molar refractivity (Wildman–Crippen MR) is 86.1 cm³/mol.